The molecule has 0 heterocycles. The van der Waals surface area contributed by atoms with Crippen molar-refractivity contribution in [3.63, 3.8) is 0 Å². The SMILES string of the molecule is C[CH](C)[Sn]([Cl])([c]1ccccc1)[CH](C)C. The molecule has 1 rings (SSSR count). The second-order valence-electron chi connectivity index (χ2n) is 4.44. The fourth-order valence-corrected chi connectivity index (χ4v) is 12.5. The summed E-state index contributed by atoms with van der Waals surface area (Å²) in [5, 5.41) is 0. The third-order valence-corrected chi connectivity index (χ3v) is 23.3. The molecule has 0 fully saturated rings. The van der Waals surface area contributed by atoms with Gasteiger partial charge in [-0.1, -0.05) is 0 Å². The summed E-state index contributed by atoms with van der Waals surface area (Å²) in [7, 11) is 6.94. The Morgan fingerprint density at radius 2 is 1.36 bits per heavy atom. The molecular weight excluding hydrogens is 298 g/mol. The molecule has 2 heteroatoms. The van der Waals surface area contributed by atoms with Crippen LogP contribution in [-0.4, -0.2) is 17.3 Å². The van der Waals surface area contributed by atoms with Gasteiger partial charge in [-0.25, -0.2) is 0 Å². The maximum absolute atomic E-state index is 6.94. The van der Waals surface area contributed by atoms with Crippen LogP contribution in [0.3, 0.4) is 0 Å². The molecule has 0 saturated heterocycles. The molecule has 0 saturated carbocycles. The van der Waals surface area contributed by atoms with Crippen LogP contribution in [0.1, 0.15) is 27.7 Å². The van der Waals surface area contributed by atoms with Crippen LogP contribution in [0.15, 0.2) is 30.3 Å². The van der Waals surface area contributed by atoms with E-state index in [-0.39, 0.29) is 0 Å². The van der Waals surface area contributed by atoms with Gasteiger partial charge in [-0.2, -0.15) is 0 Å². The predicted octanol–water partition coefficient (Wildman–Crippen LogP) is 3.90. The maximum atomic E-state index is 6.94. The first-order valence-corrected chi connectivity index (χ1v) is 13.6. The second kappa shape index (κ2) is 4.89. The van der Waals surface area contributed by atoms with Gasteiger partial charge in [0.15, 0.2) is 0 Å². The molecule has 0 amide bonds. The molecule has 0 atom stereocenters. The number of benzene rings is 1. The number of hydrogen-bond donors (Lipinski definition) is 0. The predicted molar refractivity (Wildman–Crippen MR) is 67.9 cm³/mol. The number of halogens is 1. The second-order valence-corrected chi connectivity index (χ2v) is 21.3. The van der Waals surface area contributed by atoms with E-state index in [9.17, 15) is 0 Å². The normalized spacial score (nSPS) is 12.5. The first kappa shape index (κ1) is 12.4. The van der Waals surface area contributed by atoms with E-state index in [4.69, 9.17) is 8.92 Å². The Labute approximate surface area is 95.3 Å². The van der Waals surface area contributed by atoms with E-state index >= 15 is 0 Å². The van der Waals surface area contributed by atoms with Gasteiger partial charge in [0, 0.05) is 0 Å². The van der Waals surface area contributed by atoms with E-state index < -0.39 is 17.3 Å². The Hall–Kier alpha value is 0.309. The summed E-state index contributed by atoms with van der Waals surface area (Å²) in [6, 6.07) is 10.7. The van der Waals surface area contributed by atoms with E-state index in [0.717, 1.165) is 0 Å². The fourth-order valence-electron chi connectivity index (χ4n) is 2.03. The zero-order valence-electron chi connectivity index (χ0n) is 9.42. The van der Waals surface area contributed by atoms with Crippen molar-refractivity contribution in [3.05, 3.63) is 30.3 Å². The first-order chi connectivity index (χ1) is 6.49. The molecule has 0 N–H and O–H groups in total. The summed E-state index contributed by atoms with van der Waals surface area (Å²) >= 11 is -2.61. The third kappa shape index (κ3) is 2.27. The van der Waals surface area contributed by atoms with E-state index in [0.29, 0.717) is 7.87 Å². The number of hydrogen-bond acceptors (Lipinski definition) is 0. The molecule has 1 aromatic carbocycles. The van der Waals surface area contributed by atoms with E-state index in [1.54, 1.807) is 0 Å². The van der Waals surface area contributed by atoms with Crippen molar-refractivity contribution in [2.45, 2.75) is 35.6 Å². The Morgan fingerprint density at radius 1 is 0.929 bits per heavy atom. The van der Waals surface area contributed by atoms with E-state index in [1.807, 2.05) is 0 Å². The standard InChI is InChI=1S/C6H5.2C3H7.ClH.Sn/c1-2-4-6-5-3-1;2*1-3-2;;/h1-5H;2*3H,1-2H3;1H;/q;;;;+1/p-1. The van der Waals surface area contributed by atoms with Crippen LogP contribution < -0.4 is 3.58 Å². The third-order valence-electron chi connectivity index (χ3n) is 2.90. The molecule has 0 aliphatic heterocycles. The van der Waals surface area contributed by atoms with Crippen LogP contribution >= 0.6 is 8.92 Å². The molecule has 1 aromatic rings. The van der Waals surface area contributed by atoms with Crippen molar-refractivity contribution in [1.29, 1.82) is 0 Å². The molecule has 0 bridgehead atoms. The van der Waals surface area contributed by atoms with Gasteiger partial charge in [-0.05, 0) is 0 Å². The van der Waals surface area contributed by atoms with Gasteiger partial charge in [-0.3, -0.25) is 0 Å². The summed E-state index contributed by atoms with van der Waals surface area (Å²) in [4.78, 5) is 0. The molecule has 0 nitrogen and oxygen atoms in total. The van der Waals surface area contributed by atoms with Crippen molar-refractivity contribution in [1.82, 2.24) is 0 Å². The van der Waals surface area contributed by atoms with Crippen LogP contribution in [-0.2, 0) is 0 Å². The van der Waals surface area contributed by atoms with Gasteiger partial charge in [0.05, 0.1) is 0 Å². The van der Waals surface area contributed by atoms with Crippen LogP contribution in [0.5, 0.6) is 0 Å². The van der Waals surface area contributed by atoms with E-state index in [2.05, 4.69) is 58.0 Å². The van der Waals surface area contributed by atoms with E-state index in [1.165, 1.54) is 3.58 Å². The quantitative estimate of drug-likeness (QED) is 0.742. The Kier molecular flexibility index (Phi) is 4.32. The monoisotopic (exact) mass is 318 g/mol. The Balaban J connectivity index is 3.13. The van der Waals surface area contributed by atoms with Gasteiger partial charge in [0.2, 0.25) is 0 Å². The Bertz CT molecular complexity index is 272. The molecule has 0 aromatic heterocycles. The van der Waals surface area contributed by atoms with Crippen molar-refractivity contribution >= 4 is 29.8 Å². The van der Waals surface area contributed by atoms with Gasteiger partial charge in [0.1, 0.15) is 0 Å². The molecule has 78 valence electrons. The molecule has 0 spiro atoms. The summed E-state index contributed by atoms with van der Waals surface area (Å²) < 4.78 is 2.73. The summed E-state index contributed by atoms with van der Waals surface area (Å²) in [5.41, 5.74) is 0. The summed E-state index contributed by atoms with van der Waals surface area (Å²) in [5.74, 6) is 0. The average molecular weight is 317 g/mol. The van der Waals surface area contributed by atoms with Crippen molar-refractivity contribution in [3.8, 4) is 0 Å². The van der Waals surface area contributed by atoms with Crippen LogP contribution in [0, 0.1) is 0 Å². The zero-order valence-corrected chi connectivity index (χ0v) is 13.0. The van der Waals surface area contributed by atoms with Gasteiger partial charge in [-0.15, -0.1) is 0 Å². The molecule has 0 radical (unpaired) electrons. The van der Waals surface area contributed by atoms with Crippen molar-refractivity contribution < 1.29 is 0 Å². The average Bonchev–Trinajstić information content (AvgIpc) is 2.17. The molecule has 14 heavy (non-hydrogen) atoms. The summed E-state index contributed by atoms with van der Waals surface area (Å²) in [6.07, 6.45) is 0. The molecule has 0 unspecified atom stereocenters. The topological polar surface area (TPSA) is 0 Å². The summed E-state index contributed by atoms with van der Waals surface area (Å²) in [6.45, 7) is 9.10. The fraction of sp³-hybridized carbons (Fsp3) is 0.500. The van der Waals surface area contributed by atoms with Crippen LogP contribution in [0.25, 0.3) is 0 Å². The molecule has 0 aliphatic carbocycles. The Morgan fingerprint density at radius 3 is 1.71 bits per heavy atom. The van der Waals surface area contributed by atoms with Crippen molar-refractivity contribution in [2.75, 3.05) is 0 Å². The van der Waals surface area contributed by atoms with Gasteiger partial charge < -0.3 is 0 Å². The van der Waals surface area contributed by atoms with Crippen LogP contribution in [0.4, 0.5) is 0 Å². The number of rotatable bonds is 3. The zero-order chi connectivity index (χ0) is 10.8. The van der Waals surface area contributed by atoms with Crippen molar-refractivity contribution in [2.24, 2.45) is 0 Å². The minimum absolute atomic E-state index is 0.647. The van der Waals surface area contributed by atoms with Gasteiger partial charge >= 0.3 is 95.6 Å². The molecule has 0 aliphatic rings. The molecular formula is C12H19ClSn. The van der Waals surface area contributed by atoms with Gasteiger partial charge in [0.25, 0.3) is 0 Å². The van der Waals surface area contributed by atoms with Crippen LogP contribution in [0.2, 0.25) is 7.87 Å². The minimum atomic E-state index is -2.61. The first-order valence-electron chi connectivity index (χ1n) is 5.24.